The summed E-state index contributed by atoms with van der Waals surface area (Å²) in [7, 11) is 1.84. The zero-order valence-electron chi connectivity index (χ0n) is 9.82. The van der Waals surface area contributed by atoms with E-state index >= 15 is 0 Å². The molecule has 3 aromatic rings. The van der Waals surface area contributed by atoms with Crippen molar-refractivity contribution in [2.45, 2.75) is 6.42 Å². The van der Waals surface area contributed by atoms with Crippen molar-refractivity contribution in [2.75, 3.05) is 0 Å². The Bertz CT molecular complexity index is 744. The molecule has 0 aliphatic rings. The van der Waals surface area contributed by atoms with Crippen LogP contribution in [0.1, 0.15) is 11.4 Å². The Morgan fingerprint density at radius 3 is 2.78 bits per heavy atom. The van der Waals surface area contributed by atoms with Gasteiger partial charge < -0.3 is 4.57 Å². The lowest BCUT2D eigenvalue weighted by molar-refractivity contribution is 0.740. The molecule has 0 saturated carbocycles. The van der Waals surface area contributed by atoms with Crippen LogP contribution in [-0.2, 0) is 13.5 Å². The third kappa shape index (κ3) is 1.91. The number of nitrogens with zero attached hydrogens (tertiary/aromatic N) is 5. The summed E-state index contributed by atoms with van der Waals surface area (Å²) >= 11 is 5.26. The molecule has 18 heavy (non-hydrogen) atoms. The maximum Gasteiger partial charge on any atom is 0.256 e. The highest BCUT2D eigenvalue weighted by atomic mass is 32.1. The summed E-state index contributed by atoms with van der Waals surface area (Å²) in [6.07, 6.45) is 2.33. The quantitative estimate of drug-likeness (QED) is 0.657. The van der Waals surface area contributed by atoms with Gasteiger partial charge in [0.25, 0.3) is 5.78 Å². The summed E-state index contributed by atoms with van der Waals surface area (Å²) in [4.78, 5) is 8.56. The van der Waals surface area contributed by atoms with Crippen molar-refractivity contribution in [1.29, 1.82) is 0 Å². The van der Waals surface area contributed by atoms with Crippen molar-refractivity contribution in [2.24, 2.45) is 7.05 Å². The number of aromatic nitrogens is 5. The van der Waals surface area contributed by atoms with Gasteiger partial charge >= 0.3 is 0 Å². The van der Waals surface area contributed by atoms with E-state index in [1.165, 1.54) is 5.56 Å². The van der Waals surface area contributed by atoms with Gasteiger partial charge in [-0.1, -0.05) is 30.3 Å². The molecule has 5 nitrogen and oxygen atoms in total. The SMILES string of the molecule is Cn1cnc2nc(Cc3ccccc3)nn2c1=S. The summed E-state index contributed by atoms with van der Waals surface area (Å²) < 4.78 is 3.92. The van der Waals surface area contributed by atoms with E-state index in [1.54, 1.807) is 15.4 Å². The van der Waals surface area contributed by atoms with Crippen molar-refractivity contribution in [3.8, 4) is 0 Å². The standard InChI is InChI=1S/C12H11N5S/c1-16-8-13-11-14-10(15-17(11)12(16)18)7-9-5-3-2-4-6-9/h2-6,8H,7H2,1H3. The molecule has 0 atom stereocenters. The van der Waals surface area contributed by atoms with Crippen LogP contribution in [0.3, 0.4) is 0 Å². The predicted octanol–water partition coefficient (Wildman–Crippen LogP) is 1.78. The van der Waals surface area contributed by atoms with Crippen molar-refractivity contribution >= 4 is 18.0 Å². The second-order valence-corrected chi connectivity index (χ2v) is 4.41. The molecule has 0 saturated heterocycles. The van der Waals surface area contributed by atoms with Gasteiger partial charge in [-0.3, -0.25) is 0 Å². The van der Waals surface area contributed by atoms with Crippen LogP contribution < -0.4 is 0 Å². The lowest BCUT2D eigenvalue weighted by atomic mass is 10.1. The van der Waals surface area contributed by atoms with E-state index in [0.29, 0.717) is 17.0 Å². The average molecular weight is 257 g/mol. The first-order chi connectivity index (χ1) is 8.74. The minimum atomic E-state index is 0.545. The van der Waals surface area contributed by atoms with E-state index in [-0.39, 0.29) is 0 Å². The van der Waals surface area contributed by atoms with Gasteiger partial charge in [0.2, 0.25) is 4.77 Å². The van der Waals surface area contributed by atoms with Crippen LogP contribution in [0.4, 0.5) is 0 Å². The first-order valence-electron chi connectivity index (χ1n) is 5.55. The number of rotatable bonds is 2. The number of hydrogen-bond acceptors (Lipinski definition) is 4. The summed E-state index contributed by atoms with van der Waals surface area (Å²) in [5, 5.41) is 4.39. The van der Waals surface area contributed by atoms with Gasteiger partial charge in [0.15, 0.2) is 5.82 Å². The smallest absolute Gasteiger partial charge is 0.256 e. The molecule has 90 valence electrons. The third-order valence-corrected chi connectivity index (χ3v) is 3.13. The van der Waals surface area contributed by atoms with Crippen LogP contribution in [0.15, 0.2) is 36.7 Å². The van der Waals surface area contributed by atoms with Gasteiger partial charge in [-0.15, -0.1) is 5.10 Å². The Kier molecular flexibility index (Phi) is 2.64. The first kappa shape index (κ1) is 11.0. The van der Waals surface area contributed by atoms with Gasteiger partial charge in [-0.05, 0) is 17.8 Å². The number of benzene rings is 1. The molecule has 0 aliphatic carbocycles. The molecule has 2 heterocycles. The van der Waals surface area contributed by atoms with Crippen LogP contribution in [0.2, 0.25) is 0 Å². The molecule has 3 rings (SSSR count). The van der Waals surface area contributed by atoms with Gasteiger partial charge in [0.05, 0.1) is 0 Å². The monoisotopic (exact) mass is 257 g/mol. The molecule has 0 radical (unpaired) electrons. The fraction of sp³-hybridized carbons (Fsp3) is 0.167. The van der Waals surface area contributed by atoms with Gasteiger partial charge in [0, 0.05) is 13.5 Å². The van der Waals surface area contributed by atoms with Crippen LogP contribution in [0.25, 0.3) is 5.78 Å². The Balaban J connectivity index is 2.04. The van der Waals surface area contributed by atoms with E-state index in [0.717, 1.165) is 5.82 Å². The maximum absolute atomic E-state index is 5.26. The number of fused-ring (bicyclic) bond motifs is 1. The lowest BCUT2D eigenvalue weighted by Crippen LogP contribution is -2.02. The molecular weight excluding hydrogens is 246 g/mol. The topological polar surface area (TPSA) is 48.0 Å². The largest absolute Gasteiger partial charge is 0.311 e. The van der Waals surface area contributed by atoms with Crippen molar-refractivity contribution in [3.63, 3.8) is 0 Å². The second-order valence-electron chi connectivity index (χ2n) is 4.04. The highest BCUT2D eigenvalue weighted by molar-refractivity contribution is 7.71. The van der Waals surface area contributed by atoms with E-state index in [9.17, 15) is 0 Å². The molecule has 0 N–H and O–H groups in total. The van der Waals surface area contributed by atoms with E-state index < -0.39 is 0 Å². The Hall–Kier alpha value is -2.08. The molecule has 0 bridgehead atoms. The molecular formula is C12H11N5S. The Labute approximate surface area is 109 Å². The third-order valence-electron chi connectivity index (χ3n) is 2.67. The summed E-state index contributed by atoms with van der Waals surface area (Å²) in [6.45, 7) is 0. The average Bonchev–Trinajstić information content (AvgIpc) is 2.79. The lowest BCUT2D eigenvalue weighted by Gasteiger charge is -1.96. The highest BCUT2D eigenvalue weighted by Gasteiger charge is 2.07. The van der Waals surface area contributed by atoms with Gasteiger partial charge in [0.1, 0.15) is 6.33 Å². The van der Waals surface area contributed by atoms with Crippen molar-refractivity contribution in [1.82, 2.24) is 24.1 Å². The molecule has 0 aliphatic heterocycles. The van der Waals surface area contributed by atoms with Crippen LogP contribution in [0, 0.1) is 4.77 Å². The predicted molar refractivity (Wildman–Crippen MR) is 69.8 cm³/mol. The minimum Gasteiger partial charge on any atom is -0.311 e. The molecule has 2 aromatic heterocycles. The van der Waals surface area contributed by atoms with Gasteiger partial charge in [-0.2, -0.15) is 9.50 Å². The summed E-state index contributed by atoms with van der Waals surface area (Å²) in [5.74, 6) is 1.27. The second kappa shape index (κ2) is 4.30. The molecule has 0 spiro atoms. The zero-order valence-corrected chi connectivity index (χ0v) is 10.6. The fourth-order valence-electron chi connectivity index (χ4n) is 1.75. The molecule has 1 aromatic carbocycles. The van der Waals surface area contributed by atoms with E-state index in [1.807, 2.05) is 37.4 Å². The Morgan fingerprint density at radius 2 is 2.00 bits per heavy atom. The number of hydrogen-bond donors (Lipinski definition) is 0. The first-order valence-corrected chi connectivity index (χ1v) is 5.96. The minimum absolute atomic E-state index is 0.545. The molecule has 0 amide bonds. The van der Waals surface area contributed by atoms with Gasteiger partial charge in [-0.25, -0.2) is 4.98 Å². The molecule has 0 fully saturated rings. The van der Waals surface area contributed by atoms with Crippen molar-refractivity contribution in [3.05, 3.63) is 52.8 Å². The van der Waals surface area contributed by atoms with E-state index in [4.69, 9.17) is 12.2 Å². The fourth-order valence-corrected chi connectivity index (χ4v) is 1.92. The number of aryl methyl sites for hydroxylation is 1. The maximum atomic E-state index is 5.26. The Morgan fingerprint density at radius 1 is 1.22 bits per heavy atom. The highest BCUT2D eigenvalue weighted by Crippen LogP contribution is 2.06. The van der Waals surface area contributed by atoms with Crippen LogP contribution >= 0.6 is 12.2 Å². The van der Waals surface area contributed by atoms with Crippen molar-refractivity contribution < 1.29 is 0 Å². The summed E-state index contributed by atoms with van der Waals surface area (Å²) in [5.41, 5.74) is 1.17. The summed E-state index contributed by atoms with van der Waals surface area (Å²) in [6, 6.07) is 10.1. The van der Waals surface area contributed by atoms with E-state index in [2.05, 4.69) is 15.1 Å². The molecule has 0 unspecified atom stereocenters. The van der Waals surface area contributed by atoms with Crippen LogP contribution in [-0.4, -0.2) is 24.1 Å². The normalized spacial score (nSPS) is 10.9. The molecule has 6 heteroatoms. The van der Waals surface area contributed by atoms with Crippen LogP contribution in [0.5, 0.6) is 0 Å². The zero-order chi connectivity index (χ0) is 12.5.